The summed E-state index contributed by atoms with van der Waals surface area (Å²) in [6.45, 7) is 12.9. The Balaban J connectivity index is 4.79. The van der Waals surface area contributed by atoms with Gasteiger partial charge in [-0.3, -0.25) is 0 Å². The molecule has 9 nitrogen and oxygen atoms in total. The van der Waals surface area contributed by atoms with Gasteiger partial charge in [-0.25, -0.2) is 9.59 Å². The second-order valence-corrected chi connectivity index (χ2v) is 9.73. The van der Waals surface area contributed by atoms with E-state index in [1.807, 2.05) is 0 Å². The predicted molar refractivity (Wildman–Crippen MR) is 105 cm³/mol. The number of hydrogen-bond donors (Lipinski definition) is 5. The Kier molecular flexibility index (Phi) is 9.20. The second kappa shape index (κ2) is 9.76. The van der Waals surface area contributed by atoms with Crippen LogP contribution in [0.25, 0.3) is 0 Å². The van der Waals surface area contributed by atoms with Crippen molar-refractivity contribution in [1.29, 1.82) is 0 Å². The van der Waals surface area contributed by atoms with Gasteiger partial charge >= 0.3 is 12.2 Å². The van der Waals surface area contributed by atoms with Gasteiger partial charge in [0.1, 0.15) is 11.7 Å². The van der Waals surface area contributed by atoms with E-state index in [0.29, 0.717) is 6.42 Å². The van der Waals surface area contributed by atoms with Gasteiger partial charge in [-0.05, 0) is 61.8 Å². The molecule has 0 spiro atoms. The molecule has 2 amide bonds. The highest BCUT2D eigenvalue weighted by Gasteiger charge is 2.35. The summed E-state index contributed by atoms with van der Waals surface area (Å²) in [6, 6.07) is 0. The number of carbonyl (C=O) groups excluding carboxylic acids is 2. The number of aliphatic hydroxyl groups excluding tert-OH is 2. The summed E-state index contributed by atoms with van der Waals surface area (Å²) in [6.07, 6.45) is -1.78. The van der Waals surface area contributed by atoms with Gasteiger partial charge in [0.15, 0.2) is 0 Å². The molecule has 5 N–H and O–H groups in total. The van der Waals surface area contributed by atoms with Crippen LogP contribution in [-0.2, 0) is 9.47 Å². The average Bonchev–Trinajstić information content (AvgIpc) is 2.37. The molecule has 0 aromatic rings. The van der Waals surface area contributed by atoms with Crippen molar-refractivity contribution in [3.63, 3.8) is 0 Å². The van der Waals surface area contributed by atoms with E-state index >= 15 is 0 Å². The molecule has 0 fully saturated rings. The molecule has 166 valence electrons. The Bertz CT molecular complexity index is 521. The van der Waals surface area contributed by atoms with Gasteiger partial charge < -0.3 is 35.4 Å². The van der Waals surface area contributed by atoms with E-state index in [1.54, 1.807) is 55.4 Å². The Hall–Kier alpha value is -1.58. The van der Waals surface area contributed by atoms with Gasteiger partial charge in [0.05, 0.1) is 18.8 Å². The first kappa shape index (κ1) is 26.4. The zero-order valence-electron chi connectivity index (χ0n) is 18.4. The minimum atomic E-state index is -0.991. The maximum absolute atomic E-state index is 12.3. The van der Waals surface area contributed by atoms with Crippen LogP contribution < -0.4 is 10.6 Å². The molecule has 0 saturated heterocycles. The van der Waals surface area contributed by atoms with E-state index in [1.165, 1.54) is 0 Å². The lowest BCUT2D eigenvalue weighted by Crippen LogP contribution is -2.55. The molecule has 0 unspecified atom stereocenters. The number of alkyl carbamates (subject to hydrolysis) is 2. The maximum atomic E-state index is 12.3. The number of aliphatic hydroxyl groups is 3. The Labute approximate surface area is 167 Å². The van der Waals surface area contributed by atoms with E-state index in [9.17, 15) is 14.7 Å². The standard InChI is InChI=1S/C19H38N2O7/c1-16(2,20-14(24)27-13(9-22)10-23)11-17(3,4)21-15(25)28-19(7,8)12-18(5,6)26/h13,22-23,26H,9-12H2,1-8H3,(H,20,24)(H,21,25). The van der Waals surface area contributed by atoms with Crippen molar-refractivity contribution in [3.05, 3.63) is 0 Å². The monoisotopic (exact) mass is 406 g/mol. The fraction of sp³-hybridized carbons (Fsp3) is 0.895. The van der Waals surface area contributed by atoms with Crippen LogP contribution in [0, 0.1) is 0 Å². The lowest BCUT2D eigenvalue weighted by molar-refractivity contribution is -0.0363. The molecule has 0 rings (SSSR count). The lowest BCUT2D eigenvalue weighted by Gasteiger charge is -2.37. The molecule has 0 heterocycles. The Morgan fingerprint density at radius 1 is 0.821 bits per heavy atom. The van der Waals surface area contributed by atoms with Gasteiger partial charge in [-0.1, -0.05) is 0 Å². The zero-order chi connectivity index (χ0) is 22.4. The van der Waals surface area contributed by atoms with Gasteiger partial charge in [-0.2, -0.15) is 0 Å². The van der Waals surface area contributed by atoms with Crippen LogP contribution >= 0.6 is 0 Å². The molecule has 0 bridgehead atoms. The molecule has 0 aliphatic heterocycles. The van der Waals surface area contributed by atoms with Crippen molar-refractivity contribution in [2.45, 2.75) is 96.6 Å². The molecule has 0 atom stereocenters. The average molecular weight is 407 g/mol. The molecule has 0 aliphatic rings. The molecule has 0 aromatic carbocycles. The number of carbonyl (C=O) groups is 2. The van der Waals surface area contributed by atoms with Crippen molar-refractivity contribution in [2.24, 2.45) is 0 Å². The van der Waals surface area contributed by atoms with Crippen LogP contribution in [0.2, 0.25) is 0 Å². The van der Waals surface area contributed by atoms with Crippen molar-refractivity contribution >= 4 is 12.2 Å². The fourth-order valence-electron chi connectivity index (χ4n) is 3.41. The van der Waals surface area contributed by atoms with Crippen LogP contribution in [0.1, 0.15) is 68.2 Å². The third kappa shape index (κ3) is 12.0. The van der Waals surface area contributed by atoms with Crippen molar-refractivity contribution in [3.8, 4) is 0 Å². The molecule has 28 heavy (non-hydrogen) atoms. The Morgan fingerprint density at radius 2 is 1.25 bits per heavy atom. The van der Waals surface area contributed by atoms with E-state index in [0.717, 1.165) is 0 Å². The van der Waals surface area contributed by atoms with Crippen LogP contribution in [-0.4, -0.2) is 69.1 Å². The summed E-state index contributed by atoms with van der Waals surface area (Å²) in [5.74, 6) is 0. The SMILES string of the molecule is CC(C)(O)CC(C)(C)OC(=O)NC(C)(C)CC(C)(C)NC(=O)OC(CO)CO. The normalized spacial score (nSPS) is 13.3. The van der Waals surface area contributed by atoms with Gasteiger partial charge in [0, 0.05) is 17.5 Å². The zero-order valence-corrected chi connectivity index (χ0v) is 18.4. The van der Waals surface area contributed by atoms with Crippen molar-refractivity contribution in [1.82, 2.24) is 10.6 Å². The molecule has 9 heteroatoms. The second-order valence-electron chi connectivity index (χ2n) is 9.73. The molecular formula is C19H38N2O7. The predicted octanol–water partition coefficient (Wildman–Crippen LogP) is 1.68. The highest BCUT2D eigenvalue weighted by molar-refractivity contribution is 5.69. The molecule has 0 saturated carbocycles. The number of rotatable bonds is 10. The van der Waals surface area contributed by atoms with Crippen LogP contribution in [0.3, 0.4) is 0 Å². The summed E-state index contributed by atoms with van der Waals surface area (Å²) in [5, 5.41) is 33.3. The third-order valence-electron chi connectivity index (χ3n) is 3.67. The highest BCUT2D eigenvalue weighted by atomic mass is 16.6. The number of hydrogen-bond acceptors (Lipinski definition) is 7. The van der Waals surface area contributed by atoms with Gasteiger partial charge in [0.2, 0.25) is 0 Å². The number of ether oxygens (including phenoxy) is 2. The molecule has 0 aromatic heterocycles. The maximum Gasteiger partial charge on any atom is 0.408 e. The Morgan fingerprint density at radius 3 is 1.64 bits per heavy atom. The first-order chi connectivity index (χ1) is 12.4. The molecular weight excluding hydrogens is 368 g/mol. The van der Waals surface area contributed by atoms with E-state index in [2.05, 4.69) is 10.6 Å². The minimum Gasteiger partial charge on any atom is -0.443 e. The summed E-state index contributed by atoms with van der Waals surface area (Å²) in [7, 11) is 0. The molecule has 0 radical (unpaired) electrons. The third-order valence-corrected chi connectivity index (χ3v) is 3.67. The summed E-state index contributed by atoms with van der Waals surface area (Å²) in [5.41, 5.74) is -3.33. The van der Waals surface area contributed by atoms with E-state index in [4.69, 9.17) is 19.7 Å². The van der Waals surface area contributed by atoms with Crippen molar-refractivity contribution in [2.75, 3.05) is 13.2 Å². The van der Waals surface area contributed by atoms with Crippen molar-refractivity contribution < 1.29 is 34.4 Å². The first-order valence-electron chi connectivity index (χ1n) is 9.34. The van der Waals surface area contributed by atoms with Gasteiger partial charge in [-0.15, -0.1) is 0 Å². The first-order valence-corrected chi connectivity index (χ1v) is 9.34. The van der Waals surface area contributed by atoms with E-state index in [-0.39, 0.29) is 6.42 Å². The molecule has 0 aliphatic carbocycles. The van der Waals surface area contributed by atoms with Crippen LogP contribution in [0.15, 0.2) is 0 Å². The lowest BCUT2D eigenvalue weighted by atomic mass is 9.87. The summed E-state index contributed by atoms with van der Waals surface area (Å²) < 4.78 is 10.4. The minimum absolute atomic E-state index is 0.267. The summed E-state index contributed by atoms with van der Waals surface area (Å²) >= 11 is 0. The number of nitrogens with one attached hydrogen (secondary N) is 2. The topological polar surface area (TPSA) is 137 Å². The smallest absolute Gasteiger partial charge is 0.408 e. The van der Waals surface area contributed by atoms with Gasteiger partial charge in [0.25, 0.3) is 0 Å². The van der Waals surface area contributed by atoms with Crippen LogP contribution in [0.5, 0.6) is 0 Å². The summed E-state index contributed by atoms with van der Waals surface area (Å²) in [4.78, 5) is 24.2. The van der Waals surface area contributed by atoms with Crippen LogP contribution in [0.4, 0.5) is 9.59 Å². The largest absolute Gasteiger partial charge is 0.443 e. The quantitative estimate of drug-likeness (QED) is 0.372. The highest BCUT2D eigenvalue weighted by Crippen LogP contribution is 2.25. The van der Waals surface area contributed by atoms with E-state index < -0.39 is 53.8 Å². The number of amides is 2. The fourth-order valence-corrected chi connectivity index (χ4v) is 3.41.